The fourth-order valence-electron chi connectivity index (χ4n) is 1.61. The fraction of sp³-hybridized carbons (Fsp3) is 0.923. The number of nitrogens with one attached hydrogen (secondary N) is 2. The van der Waals surface area contributed by atoms with Crippen LogP contribution in [-0.2, 0) is 4.74 Å². The lowest BCUT2D eigenvalue weighted by Gasteiger charge is -2.16. The summed E-state index contributed by atoms with van der Waals surface area (Å²) in [5.74, 6) is 1.27. The highest BCUT2D eigenvalue weighted by Crippen LogP contribution is 2.14. The van der Waals surface area contributed by atoms with Gasteiger partial charge >= 0.3 is 6.18 Å². The molecule has 0 aromatic carbocycles. The molecule has 21 heavy (non-hydrogen) atoms. The molecule has 0 heterocycles. The Morgan fingerprint density at radius 3 is 2.29 bits per heavy atom. The molecule has 0 bridgehead atoms. The number of rotatable bonds is 9. The van der Waals surface area contributed by atoms with Crippen LogP contribution in [-0.4, -0.2) is 45.5 Å². The lowest BCUT2D eigenvalue weighted by molar-refractivity contribution is -0.173. The molecular formula is C13H27F3IN3O. The summed E-state index contributed by atoms with van der Waals surface area (Å²) in [6.07, 6.45) is -1.54. The van der Waals surface area contributed by atoms with Crippen molar-refractivity contribution in [2.24, 2.45) is 10.9 Å². The second-order valence-electron chi connectivity index (χ2n) is 4.58. The van der Waals surface area contributed by atoms with Gasteiger partial charge in [0.05, 0.1) is 0 Å². The van der Waals surface area contributed by atoms with Gasteiger partial charge in [0.25, 0.3) is 0 Å². The Morgan fingerprint density at radius 1 is 1.19 bits per heavy atom. The molecule has 0 aliphatic carbocycles. The van der Waals surface area contributed by atoms with Crippen LogP contribution in [0.4, 0.5) is 13.2 Å². The first-order valence-corrected chi connectivity index (χ1v) is 7.01. The van der Waals surface area contributed by atoms with E-state index in [2.05, 4.69) is 34.2 Å². The Balaban J connectivity index is 0. The Morgan fingerprint density at radius 2 is 1.81 bits per heavy atom. The molecule has 0 rings (SSSR count). The van der Waals surface area contributed by atoms with Gasteiger partial charge in [-0.15, -0.1) is 24.0 Å². The topological polar surface area (TPSA) is 45.7 Å². The summed E-state index contributed by atoms with van der Waals surface area (Å²) in [6, 6.07) is 0. The zero-order chi connectivity index (χ0) is 15.4. The van der Waals surface area contributed by atoms with Crippen LogP contribution in [0.15, 0.2) is 4.99 Å². The van der Waals surface area contributed by atoms with Crippen molar-refractivity contribution in [2.45, 2.75) is 39.3 Å². The van der Waals surface area contributed by atoms with Crippen LogP contribution in [0.3, 0.4) is 0 Å². The van der Waals surface area contributed by atoms with E-state index >= 15 is 0 Å². The van der Waals surface area contributed by atoms with Crippen molar-refractivity contribution in [3.8, 4) is 0 Å². The maximum atomic E-state index is 11.8. The van der Waals surface area contributed by atoms with Gasteiger partial charge in [0, 0.05) is 26.7 Å². The van der Waals surface area contributed by atoms with Gasteiger partial charge in [-0.2, -0.15) is 13.2 Å². The lowest BCUT2D eigenvalue weighted by atomic mass is 10.0. The number of hydrogen-bond donors (Lipinski definition) is 2. The highest BCUT2D eigenvalue weighted by Gasteiger charge is 2.27. The molecule has 4 nitrogen and oxygen atoms in total. The maximum absolute atomic E-state index is 11.8. The van der Waals surface area contributed by atoms with Gasteiger partial charge in [0.15, 0.2) is 5.96 Å². The number of nitrogens with zero attached hydrogens (tertiary/aromatic N) is 1. The molecule has 0 aliphatic rings. The highest BCUT2D eigenvalue weighted by atomic mass is 127. The standard InChI is InChI=1S/C13H26F3N3O.HI/c1-4-11(5-2)9-19-12(17-3)18-7-6-8-20-10-13(14,15)16;/h11H,4-10H2,1-3H3,(H2,17,18,19);1H. The second kappa shape index (κ2) is 13.4. The van der Waals surface area contributed by atoms with E-state index in [1.807, 2.05) is 0 Å². The third-order valence-electron chi connectivity index (χ3n) is 2.96. The lowest BCUT2D eigenvalue weighted by Crippen LogP contribution is -2.40. The van der Waals surface area contributed by atoms with Gasteiger partial charge < -0.3 is 15.4 Å². The van der Waals surface area contributed by atoms with E-state index in [4.69, 9.17) is 0 Å². The number of ether oxygens (including phenoxy) is 1. The first kappa shape index (κ1) is 23.0. The van der Waals surface area contributed by atoms with E-state index in [-0.39, 0.29) is 30.6 Å². The number of alkyl halides is 3. The van der Waals surface area contributed by atoms with Crippen LogP contribution in [0, 0.1) is 5.92 Å². The summed E-state index contributed by atoms with van der Waals surface area (Å²) < 4.78 is 40.0. The molecule has 0 aromatic heterocycles. The van der Waals surface area contributed by atoms with Crippen LogP contribution in [0.2, 0.25) is 0 Å². The van der Waals surface area contributed by atoms with Crippen molar-refractivity contribution in [3.05, 3.63) is 0 Å². The van der Waals surface area contributed by atoms with Crippen LogP contribution in [0.1, 0.15) is 33.1 Å². The number of guanidine groups is 1. The molecule has 0 unspecified atom stereocenters. The fourth-order valence-corrected chi connectivity index (χ4v) is 1.61. The average Bonchev–Trinajstić information content (AvgIpc) is 2.40. The average molecular weight is 425 g/mol. The van der Waals surface area contributed by atoms with E-state index in [9.17, 15) is 13.2 Å². The molecule has 8 heteroatoms. The van der Waals surface area contributed by atoms with Crippen LogP contribution < -0.4 is 10.6 Å². The van der Waals surface area contributed by atoms with Crippen LogP contribution in [0.5, 0.6) is 0 Å². The monoisotopic (exact) mass is 425 g/mol. The number of hydrogen-bond acceptors (Lipinski definition) is 2. The maximum Gasteiger partial charge on any atom is 0.411 e. The second-order valence-corrected chi connectivity index (χ2v) is 4.58. The summed E-state index contributed by atoms with van der Waals surface area (Å²) in [5.41, 5.74) is 0. The zero-order valence-electron chi connectivity index (χ0n) is 12.9. The predicted octanol–water partition coefficient (Wildman–Crippen LogP) is 3.17. The first-order valence-electron chi connectivity index (χ1n) is 7.01. The minimum atomic E-state index is -4.25. The Bertz CT molecular complexity index is 272. The quantitative estimate of drug-likeness (QED) is 0.258. The normalized spacial score (nSPS) is 12.2. The number of halogens is 4. The van der Waals surface area contributed by atoms with Gasteiger partial charge in [-0.3, -0.25) is 4.99 Å². The molecule has 0 atom stereocenters. The molecule has 0 spiro atoms. The van der Waals surface area contributed by atoms with E-state index in [1.165, 1.54) is 0 Å². The minimum Gasteiger partial charge on any atom is -0.372 e. The minimum absolute atomic E-state index is 0. The van der Waals surface area contributed by atoms with Gasteiger partial charge in [0.1, 0.15) is 6.61 Å². The molecule has 0 aliphatic heterocycles. The van der Waals surface area contributed by atoms with Crippen molar-refractivity contribution in [1.82, 2.24) is 10.6 Å². The largest absolute Gasteiger partial charge is 0.411 e. The Hall–Kier alpha value is -0.250. The summed E-state index contributed by atoms with van der Waals surface area (Å²) >= 11 is 0. The Labute approximate surface area is 142 Å². The van der Waals surface area contributed by atoms with E-state index in [0.29, 0.717) is 24.8 Å². The molecule has 128 valence electrons. The third kappa shape index (κ3) is 14.5. The van der Waals surface area contributed by atoms with E-state index in [1.54, 1.807) is 7.05 Å². The summed E-state index contributed by atoms with van der Waals surface area (Å²) in [6.45, 7) is 4.55. The van der Waals surface area contributed by atoms with E-state index in [0.717, 1.165) is 19.4 Å². The highest BCUT2D eigenvalue weighted by molar-refractivity contribution is 14.0. The van der Waals surface area contributed by atoms with Crippen molar-refractivity contribution in [2.75, 3.05) is 33.4 Å². The van der Waals surface area contributed by atoms with Crippen LogP contribution in [0.25, 0.3) is 0 Å². The molecule has 0 saturated carbocycles. The molecule has 0 fully saturated rings. The molecule has 0 amide bonds. The third-order valence-corrected chi connectivity index (χ3v) is 2.96. The van der Waals surface area contributed by atoms with Gasteiger partial charge in [0.2, 0.25) is 0 Å². The predicted molar refractivity (Wildman–Crippen MR) is 90.3 cm³/mol. The smallest absolute Gasteiger partial charge is 0.372 e. The van der Waals surface area contributed by atoms with Gasteiger partial charge in [-0.25, -0.2) is 0 Å². The van der Waals surface area contributed by atoms with Crippen molar-refractivity contribution in [1.29, 1.82) is 0 Å². The first-order chi connectivity index (χ1) is 9.42. The molecule has 0 aromatic rings. The summed E-state index contributed by atoms with van der Waals surface area (Å²) in [4.78, 5) is 4.06. The van der Waals surface area contributed by atoms with E-state index < -0.39 is 12.8 Å². The molecule has 0 saturated heterocycles. The van der Waals surface area contributed by atoms with Crippen LogP contribution >= 0.6 is 24.0 Å². The zero-order valence-corrected chi connectivity index (χ0v) is 15.3. The summed E-state index contributed by atoms with van der Waals surface area (Å²) in [7, 11) is 1.67. The van der Waals surface area contributed by atoms with Crippen molar-refractivity contribution >= 4 is 29.9 Å². The Kier molecular flexibility index (Phi) is 14.7. The number of aliphatic imine (C=N–C) groups is 1. The van der Waals surface area contributed by atoms with Crippen molar-refractivity contribution < 1.29 is 17.9 Å². The van der Waals surface area contributed by atoms with Gasteiger partial charge in [-0.05, 0) is 12.3 Å². The molecule has 0 radical (unpaired) electrons. The SMILES string of the molecule is CCC(CC)CNC(=NC)NCCCOCC(F)(F)F.I. The molecule has 2 N–H and O–H groups in total. The summed E-state index contributed by atoms with van der Waals surface area (Å²) in [5, 5.41) is 6.25. The van der Waals surface area contributed by atoms with Crippen molar-refractivity contribution in [3.63, 3.8) is 0 Å². The van der Waals surface area contributed by atoms with Gasteiger partial charge in [-0.1, -0.05) is 26.7 Å². The molecular weight excluding hydrogens is 398 g/mol.